The summed E-state index contributed by atoms with van der Waals surface area (Å²) < 4.78 is 3.81. The second-order valence-electron chi connectivity index (χ2n) is 6.00. The van der Waals surface area contributed by atoms with E-state index in [2.05, 4.69) is 37.4 Å². The molecule has 0 bridgehead atoms. The Balaban J connectivity index is 1.70. The smallest absolute Gasteiger partial charge is 0.261 e. The molecule has 0 spiro atoms. The summed E-state index contributed by atoms with van der Waals surface area (Å²) >= 11 is 3.35. The van der Waals surface area contributed by atoms with E-state index in [-0.39, 0.29) is 24.4 Å². The highest BCUT2D eigenvalue weighted by molar-refractivity contribution is 9.10. The molecule has 9 heteroatoms. The molecular weight excluding hydrogens is 412 g/mol. The second-order valence-corrected chi connectivity index (χ2v) is 6.92. The maximum absolute atomic E-state index is 12.6. The molecule has 3 aromatic rings. The first kappa shape index (κ1) is 18.8. The molecule has 0 aliphatic heterocycles. The molecule has 0 unspecified atom stereocenters. The van der Waals surface area contributed by atoms with Crippen molar-refractivity contribution in [3.05, 3.63) is 51.1 Å². The van der Waals surface area contributed by atoms with Crippen molar-refractivity contribution in [3.8, 4) is 6.07 Å². The maximum atomic E-state index is 12.6. The fraction of sp³-hybridized carbons (Fsp3) is 0.278. The van der Waals surface area contributed by atoms with Crippen LogP contribution < -0.4 is 10.9 Å². The Labute approximate surface area is 163 Å². The van der Waals surface area contributed by atoms with Crippen molar-refractivity contribution in [2.45, 2.75) is 32.9 Å². The average Bonchev–Trinajstić information content (AvgIpc) is 2.99. The van der Waals surface area contributed by atoms with Crippen molar-refractivity contribution >= 4 is 38.6 Å². The highest BCUT2D eigenvalue weighted by atomic mass is 79.9. The summed E-state index contributed by atoms with van der Waals surface area (Å²) in [6, 6.07) is 9.11. The third kappa shape index (κ3) is 4.41. The highest BCUT2D eigenvalue weighted by Gasteiger charge is 2.11. The van der Waals surface area contributed by atoms with Crippen LogP contribution in [0.25, 0.3) is 10.9 Å². The molecule has 0 fully saturated rings. The summed E-state index contributed by atoms with van der Waals surface area (Å²) in [6.45, 7) is 2.44. The van der Waals surface area contributed by atoms with E-state index in [4.69, 9.17) is 5.26 Å². The van der Waals surface area contributed by atoms with Gasteiger partial charge in [0.1, 0.15) is 5.82 Å². The van der Waals surface area contributed by atoms with Crippen LogP contribution in [0.4, 0.5) is 5.82 Å². The number of rotatable bonds is 6. The van der Waals surface area contributed by atoms with E-state index >= 15 is 0 Å². The maximum Gasteiger partial charge on any atom is 0.261 e. The summed E-state index contributed by atoms with van der Waals surface area (Å²) in [5.41, 5.74) is 1.17. The standard InChI is InChI=1S/C18H17BrN6O2/c1-12-9-16(25(23-12)7-2-6-20)22-17(26)5-8-24-11-21-15-4-3-13(19)10-14(15)18(24)27/h3-4,9-11H,2,5,7-8H2,1H3,(H,22,26). The first-order chi connectivity index (χ1) is 13.0. The molecule has 2 heterocycles. The quantitative estimate of drug-likeness (QED) is 0.649. The Bertz CT molecular complexity index is 1100. The third-order valence-electron chi connectivity index (χ3n) is 3.97. The molecule has 1 amide bonds. The van der Waals surface area contributed by atoms with Crippen LogP contribution in [-0.2, 0) is 17.9 Å². The predicted octanol–water partition coefficient (Wildman–Crippen LogP) is 2.61. The lowest BCUT2D eigenvalue weighted by Gasteiger charge is -2.09. The molecule has 2 aromatic heterocycles. The first-order valence-electron chi connectivity index (χ1n) is 8.34. The number of anilines is 1. The summed E-state index contributed by atoms with van der Waals surface area (Å²) in [6.07, 6.45) is 1.87. The summed E-state index contributed by atoms with van der Waals surface area (Å²) in [4.78, 5) is 29.1. The molecule has 0 saturated carbocycles. The molecule has 0 radical (unpaired) electrons. The number of halogens is 1. The minimum atomic E-state index is -0.241. The Morgan fingerprint density at radius 1 is 1.33 bits per heavy atom. The summed E-state index contributed by atoms with van der Waals surface area (Å²) in [5.74, 6) is 0.301. The van der Waals surface area contributed by atoms with E-state index in [1.807, 2.05) is 13.0 Å². The zero-order valence-corrected chi connectivity index (χ0v) is 16.2. The van der Waals surface area contributed by atoms with E-state index in [0.29, 0.717) is 29.7 Å². The number of fused-ring (bicyclic) bond motifs is 1. The van der Waals surface area contributed by atoms with Gasteiger partial charge >= 0.3 is 0 Å². The van der Waals surface area contributed by atoms with E-state index < -0.39 is 0 Å². The molecule has 8 nitrogen and oxygen atoms in total. The van der Waals surface area contributed by atoms with Crippen LogP contribution in [0.3, 0.4) is 0 Å². The summed E-state index contributed by atoms with van der Waals surface area (Å²) in [7, 11) is 0. The topological polar surface area (TPSA) is 106 Å². The largest absolute Gasteiger partial charge is 0.311 e. The minimum absolute atomic E-state index is 0.115. The monoisotopic (exact) mass is 428 g/mol. The number of hydrogen-bond acceptors (Lipinski definition) is 5. The van der Waals surface area contributed by atoms with Gasteiger partial charge in [0.15, 0.2) is 0 Å². The zero-order chi connectivity index (χ0) is 19.4. The fourth-order valence-electron chi connectivity index (χ4n) is 2.69. The molecular formula is C18H17BrN6O2. The van der Waals surface area contributed by atoms with Crippen LogP contribution in [0.2, 0.25) is 0 Å². The zero-order valence-electron chi connectivity index (χ0n) is 14.6. The van der Waals surface area contributed by atoms with E-state index in [0.717, 1.165) is 10.2 Å². The van der Waals surface area contributed by atoms with Crippen molar-refractivity contribution in [3.63, 3.8) is 0 Å². The van der Waals surface area contributed by atoms with Gasteiger partial charge in [-0.3, -0.25) is 14.2 Å². The third-order valence-corrected chi connectivity index (χ3v) is 4.46. The number of benzene rings is 1. The fourth-order valence-corrected chi connectivity index (χ4v) is 3.05. The Kier molecular flexibility index (Phi) is 5.66. The first-order valence-corrected chi connectivity index (χ1v) is 9.13. The number of nitrogens with one attached hydrogen (secondary N) is 1. The molecule has 1 aromatic carbocycles. The van der Waals surface area contributed by atoms with Crippen LogP contribution in [0, 0.1) is 18.3 Å². The lowest BCUT2D eigenvalue weighted by Crippen LogP contribution is -2.24. The lowest BCUT2D eigenvalue weighted by molar-refractivity contribution is -0.116. The lowest BCUT2D eigenvalue weighted by atomic mass is 10.2. The number of nitrogens with zero attached hydrogens (tertiary/aromatic N) is 5. The van der Waals surface area contributed by atoms with E-state index in [1.54, 1.807) is 22.9 Å². The number of carbonyl (C=O) groups excluding carboxylic acids is 1. The molecule has 0 aliphatic rings. The van der Waals surface area contributed by atoms with Crippen molar-refractivity contribution in [2.24, 2.45) is 0 Å². The predicted molar refractivity (Wildman–Crippen MR) is 104 cm³/mol. The number of amides is 1. The van der Waals surface area contributed by atoms with Crippen molar-refractivity contribution in [2.75, 3.05) is 5.32 Å². The van der Waals surface area contributed by atoms with Gasteiger partial charge in [0.25, 0.3) is 5.56 Å². The molecule has 0 saturated heterocycles. The number of aryl methyl sites for hydroxylation is 3. The van der Waals surface area contributed by atoms with Gasteiger partial charge in [-0.15, -0.1) is 0 Å². The highest BCUT2D eigenvalue weighted by Crippen LogP contribution is 2.15. The van der Waals surface area contributed by atoms with Gasteiger partial charge in [0.2, 0.25) is 5.91 Å². The van der Waals surface area contributed by atoms with Crippen molar-refractivity contribution in [1.29, 1.82) is 5.26 Å². The normalized spacial score (nSPS) is 10.7. The number of hydrogen-bond donors (Lipinski definition) is 1. The Hall–Kier alpha value is -2.99. The van der Waals surface area contributed by atoms with Gasteiger partial charge < -0.3 is 5.32 Å². The van der Waals surface area contributed by atoms with Crippen molar-refractivity contribution < 1.29 is 4.79 Å². The van der Waals surface area contributed by atoms with Gasteiger partial charge in [-0.25, -0.2) is 9.67 Å². The van der Waals surface area contributed by atoms with Crippen LogP contribution in [0.5, 0.6) is 0 Å². The second kappa shape index (κ2) is 8.14. The Morgan fingerprint density at radius 2 is 2.15 bits per heavy atom. The van der Waals surface area contributed by atoms with Crippen LogP contribution in [0.1, 0.15) is 18.5 Å². The molecule has 1 N–H and O–H groups in total. The molecule has 138 valence electrons. The molecule has 0 aliphatic carbocycles. The SMILES string of the molecule is Cc1cc(NC(=O)CCn2cnc3ccc(Br)cc3c2=O)n(CCC#N)n1. The minimum Gasteiger partial charge on any atom is -0.311 e. The van der Waals surface area contributed by atoms with Crippen LogP contribution in [0.15, 0.2) is 39.9 Å². The van der Waals surface area contributed by atoms with Crippen LogP contribution >= 0.6 is 15.9 Å². The number of nitriles is 1. The van der Waals surface area contributed by atoms with Gasteiger partial charge in [0, 0.05) is 23.5 Å². The van der Waals surface area contributed by atoms with E-state index in [1.165, 1.54) is 10.9 Å². The van der Waals surface area contributed by atoms with Gasteiger partial charge in [-0.2, -0.15) is 10.4 Å². The summed E-state index contributed by atoms with van der Waals surface area (Å²) in [5, 5.41) is 16.3. The van der Waals surface area contributed by atoms with Gasteiger partial charge in [-0.05, 0) is 25.1 Å². The number of carbonyl (C=O) groups is 1. The molecule has 27 heavy (non-hydrogen) atoms. The molecule has 0 atom stereocenters. The number of aromatic nitrogens is 4. The Morgan fingerprint density at radius 3 is 2.93 bits per heavy atom. The van der Waals surface area contributed by atoms with Crippen molar-refractivity contribution in [1.82, 2.24) is 19.3 Å². The van der Waals surface area contributed by atoms with E-state index in [9.17, 15) is 9.59 Å². The van der Waals surface area contributed by atoms with Gasteiger partial charge in [0.05, 0.1) is 42.0 Å². The molecule has 3 rings (SSSR count). The average molecular weight is 429 g/mol. The van der Waals surface area contributed by atoms with Gasteiger partial charge in [-0.1, -0.05) is 15.9 Å². The van der Waals surface area contributed by atoms with Crippen LogP contribution in [-0.4, -0.2) is 25.2 Å².